The average molecular weight is 340 g/mol. The third-order valence-electron chi connectivity index (χ3n) is 2.67. The Morgan fingerprint density at radius 2 is 2.00 bits per heavy atom. The maximum atomic E-state index is 11.3. The summed E-state index contributed by atoms with van der Waals surface area (Å²) in [6.07, 6.45) is -0.113. The lowest BCUT2D eigenvalue weighted by atomic mass is 10.1. The molecule has 7 heteroatoms. The predicted molar refractivity (Wildman–Crippen MR) is 76.7 cm³/mol. The first-order valence-corrected chi connectivity index (χ1v) is 7.22. The van der Waals surface area contributed by atoms with Crippen molar-refractivity contribution >= 4 is 40.8 Å². The molecule has 4 nitrogen and oxygen atoms in total. The van der Waals surface area contributed by atoms with Crippen molar-refractivity contribution in [3.63, 3.8) is 0 Å². The fourth-order valence-electron chi connectivity index (χ4n) is 1.77. The molecule has 20 heavy (non-hydrogen) atoms. The highest BCUT2D eigenvalue weighted by atomic mass is 35.6. The van der Waals surface area contributed by atoms with Gasteiger partial charge in [-0.25, -0.2) is 0 Å². The monoisotopic (exact) mass is 338 g/mol. The molecule has 0 spiro atoms. The van der Waals surface area contributed by atoms with E-state index in [1.54, 1.807) is 19.1 Å². The van der Waals surface area contributed by atoms with Gasteiger partial charge in [0.15, 0.2) is 11.5 Å². The largest absolute Gasteiger partial charge is 0.466 e. The van der Waals surface area contributed by atoms with Gasteiger partial charge in [0, 0.05) is 6.42 Å². The molecule has 110 valence electrons. The van der Waals surface area contributed by atoms with Crippen molar-refractivity contribution in [2.75, 3.05) is 6.61 Å². The topological polar surface area (TPSA) is 44.8 Å². The zero-order valence-corrected chi connectivity index (χ0v) is 13.0. The molecule has 0 saturated carbocycles. The number of halogens is 3. The van der Waals surface area contributed by atoms with Gasteiger partial charge in [0.2, 0.25) is 0 Å². The van der Waals surface area contributed by atoms with Gasteiger partial charge in [0.1, 0.15) is 0 Å². The molecule has 1 aliphatic heterocycles. The quantitative estimate of drug-likeness (QED) is 0.620. The summed E-state index contributed by atoms with van der Waals surface area (Å²) in [5.41, 5.74) is 0.922. The summed E-state index contributed by atoms with van der Waals surface area (Å²) in [5, 5.41) is 0. The Hall–Kier alpha value is -0.840. The summed E-state index contributed by atoms with van der Waals surface area (Å²) in [6.45, 7) is 2.15. The summed E-state index contributed by atoms with van der Waals surface area (Å²) >= 11 is 17.2. The molecule has 2 rings (SSSR count). The lowest BCUT2D eigenvalue weighted by Gasteiger charge is -2.17. The standard InChI is InChI=1S/C13H13Cl3O4/c1-2-18-11(17)6-4-8-3-5-9-10(7-8)20-12(19-9)13(14,15)16/h3,5,7,12H,2,4,6H2,1H3. The minimum Gasteiger partial charge on any atom is -0.466 e. The van der Waals surface area contributed by atoms with Crippen molar-refractivity contribution in [2.24, 2.45) is 0 Å². The van der Waals surface area contributed by atoms with Crippen LogP contribution in [-0.4, -0.2) is 22.7 Å². The van der Waals surface area contributed by atoms with Crippen LogP contribution in [0.4, 0.5) is 0 Å². The SMILES string of the molecule is CCOC(=O)CCc1ccc2c(c1)OC(C(Cl)(Cl)Cl)O2. The fraction of sp³-hybridized carbons (Fsp3) is 0.462. The lowest BCUT2D eigenvalue weighted by Crippen LogP contribution is -2.33. The Morgan fingerprint density at radius 3 is 2.65 bits per heavy atom. The number of fused-ring (bicyclic) bond motifs is 1. The van der Waals surface area contributed by atoms with Crippen LogP contribution in [0.25, 0.3) is 0 Å². The third kappa shape index (κ3) is 3.84. The maximum Gasteiger partial charge on any atom is 0.306 e. The van der Waals surface area contributed by atoms with Crippen LogP contribution in [0.15, 0.2) is 18.2 Å². The summed E-state index contributed by atoms with van der Waals surface area (Å²) in [7, 11) is 0. The van der Waals surface area contributed by atoms with E-state index < -0.39 is 10.1 Å². The Labute approximate surface area is 131 Å². The van der Waals surface area contributed by atoms with E-state index in [1.165, 1.54) is 0 Å². The van der Waals surface area contributed by atoms with Gasteiger partial charge < -0.3 is 14.2 Å². The van der Waals surface area contributed by atoms with Crippen molar-refractivity contribution in [3.8, 4) is 11.5 Å². The van der Waals surface area contributed by atoms with Gasteiger partial charge in [-0.05, 0) is 31.0 Å². The number of benzene rings is 1. The highest BCUT2D eigenvalue weighted by molar-refractivity contribution is 6.68. The summed E-state index contributed by atoms with van der Waals surface area (Å²) in [6, 6.07) is 5.33. The van der Waals surface area contributed by atoms with Crippen molar-refractivity contribution in [1.82, 2.24) is 0 Å². The minimum absolute atomic E-state index is 0.232. The molecular weight excluding hydrogens is 326 g/mol. The van der Waals surface area contributed by atoms with E-state index in [9.17, 15) is 4.79 Å². The van der Waals surface area contributed by atoms with Gasteiger partial charge in [0.25, 0.3) is 10.1 Å². The molecule has 1 heterocycles. The van der Waals surface area contributed by atoms with E-state index in [2.05, 4.69) is 0 Å². The van der Waals surface area contributed by atoms with E-state index >= 15 is 0 Å². The number of carbonyl (C=O) groups is 1. The van der Waals surface area contributed by atoms with Crippen LogP contribution in [0.2, 0.25) is 0 Å². The van der Waals surface area contributed by atoms with Crippen LogP contribution in [0.3, 0.4) is 0 Å². The third-order valence-corrected chi connectivity index (χ3v) is 3.20. The highest BCUT2D eigenvalue weighted by Gasteiger charge is 2.41. The van der Waals surface area contributed by atoms with Gasteiger partial charge in [-0.1, -0.05) is 40.9 Å². The van der Waals surface area contributed by atoms with Crippen LogP contribution in [0.5, 0.6) is 11.5 Å². The number of aryl methyl sites for hydroxylation is 1. The average Bonchev–Trinajstić information content (AvgIpc) is 2.79. The summed E-state index contributed by atoms with van der Waals surface area (Å²) in [4.78, 5) is 11.3. The van der Waals surface area contributed by atoms with Crippen LogP contribution < -0.4 is 9.47 Å². The van der Waals surface area contributed by atoms with Crippen molar-refractivity contribution < 1.29 is 19.0 Å². The van der Waals surface area contributed by atoms with E-state index in [0.29, 0.717) is 30.9 Å². The first-order chi connectivity index (χ1) is 9.40. The molecule has 0 aromatic heterocycles. The number of hydrogen-bond acceptors (Lipinski definition) is 4. The van der Waals surface area contributed by atoms with Crippen LogP contribution in [0, 0.1) is 0 Å². The number of ether oxygens (including phenoxy) is 3. The van der Waals surface area contributed by atoms with Crippen LogP contribution in [0.1, 0.15) is 18.9 Å². The summed E-state index contributed by atoms with van der Waals surface area (Å²) in [5.74, 6) is 0.785. The fourth-order valence-corrected chi connectivity index (χ4v) is 2.03. The van der Waals surface area contributed by atoms with E-state index in [4.69, 9.17) is 49.0 Å². The van der Waals surface area contributed by atoms with E-state index in [0.717, 1.165) is 5.56 Å². The van der Waals surface area contributed by atoms with E-state index in [-0.39, 0.29) is 5.97 Å². The summed E-state index contributed by atoms with van der Waals surface area (Å²) < 4.78 is 14.0. The Bertz CT molecular complexity index is 499. The molecule has 0 amide bonds. The Morgan fingerprint density at radius 1 is 1.30 bits per heavy atom. The van der Waals surface area contributed by atoms with Crippen molar-refractivity contribution in [2.45, 2.75) is 29.8 Å². The molecule has 0 bridgehead atoms. The highest BCUT2D eigenvalue weighted by Crippen LogP contribution is 2.43. The van der Waals surface area contributed by atoms with Gasteiger partial charge in [0.05, 0.1) is 6.61 Å². The second-order valence-electron chi connectivity index (χ2n) is 4.20. The first-order valence-electron chi connectivity index (χ1n) is 6.08. The van der Waals surface area contributed by atoms with Crippen molar-refractivity contribution in [3.05, 3.63) is 23.8 Å². The zero-order chi connectivity index (χ0) is 14.8. The van der Waals surface area contributed by atoms with Gasteiger partial charge in [-0.15, -0.1) is 0 Å². The van der Waals surface area contributed by atoms with E-state index in [1.807, 2.05) is 6.07 Å². The van der Waals surface area contributed by atoms with Gasteiger partial charge >= 0.3 is 5.97 Å². The molecular formula is C13H13Cl3O4. The maximum absolute atomic E-state index is 11.3. The second-order valence-corrected chi connectivity index (χ2v) is 6.56. The normalized spacial score (nSPS) is 17.1. The number of rotatable bonds is 4. The molecule has 0 aliphatic carbocycles. The predicted octanol–water partition coefficient (Wildman–Crippen LogP) is 3.65. The van der Waals surface area contributed by atoms with Crippen molar-refractivity contribution in [1.29, 1.82) is 0 Å². The number of alkyl halides is 3. The molecule has 0 radical (unpaired) electrons. The molecule has 1 unspecified atom stereocenters. The number of hydrogen-bond donors (Lipinski definition) is 0. The first kappa shape index (κ1) is 15.5. The Balaban J connectivity index is 1.99. The molecule has 1 atom stereocenters. The van der Waals surface area contributed by atoms with Crippen LogP contribution in [-0.2, 0) is 16.0 Å². The van der Waals surface area contributed by atoms with Gasteiger partial charge in [-0.2, -0.15) is 0 Å². The molecule has 1 aromatic rings. The zero-order valence-electron chi connectivity index (χ0n) is 10.7. The smallest absolute Gasteiger partial charge is 0.306 e. The number of carbonyl (C=O) groups excluding carboxylic acids is 1. The second kappa shape index (κ2) is 6.29. The molecule has 1 aromatic carbocycles. The molecule has 0 fully saturated rings. The molecule has 1 aliphatic rings. The van der Waals surface area contributed by atoms with Crippen LogP contribution >= 0.6 is 34.8 Å². The van der Waals surface area contributed by atoms with Gasteiger partial charge in [-0.3, -0.25) is 4.79 Å². The Kier molecular flexibility index (Phi) is 4.89. The minimum atomic E-state index is -1.66. The molecule has 0 saturated heterocycles. The lowest BCUT2D eigenvalue weighted by molar-refractivity contribution is -0.143. The number of esters is 1. The molecule has 0 N–H and O–H groups in total.